The molecule has 0 aliphatic heterocycles. The number of benzene rings is 1. The van der Waals surface area contributed by atoms with E-state index < -0.39 is 29.4 Å². The standard InChI is InChI=1S/C28H22F5N7O2/c1-39-12-19(28(31,32)33)37-24(39)16-5-3-14(4-6-16)11-40-25-17(9-18(22(29)30)27(40)41)10-34-23(38-25)20-21(15-7-8-15)35-13-36-26(20)42-2/h3-6,9-10,12-13,15,22H,7-8,11H2,1-2H3. The number of hydrogen-bond donors (Lipinski definition) is 0. The Morgan fingerprint density at radius 2 is 1.81 bits per heavy atom. The van der Waals surface area contributed by atoms with Gasteiger partial charge in [0.25, 0.3) is 12.0 Å². The first-order chi connectivity index (χ1) is 20.0. The summed E-state index contributed by atoms with van der Waals surface area (Å²) in [6.07, 6.45) is -2.13. The largest absolute Gasteiger partial charge is 0.480 e. The summed E-state index contributed by atoms with van der Waals surface area (Å²) in [6, 6.07) is 7.36. The molecule has 1 fully saturated rings. The molecule has 1 saturated carbocycles. The number of pyridine rings is 1. The quantitative estimate of drug-likeness (QED) is 0.232. The zero-order valence-corrected chi connectivity index (χ0v) is 22.2. The van der Waals surface area contributed by atoms with Gasteiger partial charge in [0.1, 0.15) is 23.4 Å². The van der Waals surface area contributed by atoms with Crippen LogP contribution in [0, 0.1) is 0 Å². The molecular formula is C28H22F5N7O2. The average Bonchev–Trinajstić information content (AvgIpc) is 3.74. The number of hydrogen-bond acceptors (Lipinski definition) is 7. The Balaban J connectivity index is 1.44. The lowest BCUT2D eigenvalue weighted by atomic mass is 10.1. The van der Waals surface area contributed by atoms with Crippen molar-refractivity contribution in [2.24, 2.45) is 7.05 Å². The van der Waals surface area contributed by atoms with Crippen molar-refractivity contribution < 1.29 is 26.7 Å². The van der Waals surface area contributed by atoms with E-state index in [0.717, 1.165) is 29.7 Å². The van der Waals surface area contributed by atoms with Crippen LogP contribution in [0.2, 0.25) is 0 Å². The van der Waals surface area contributed by atoms with Crippen LogP contribution in [0.1, 0.15) is 47.7 Å². The molecule has 0 amide bonds. The summed E-state index contributed by atoms with van der Waals surface area (Å²) in [4.78, 5) is 34.5. The van der Waals surface area contributed by atoms with Gasteiger partial charge in [-0.3, -0.25) is 9.36 Å². The third-order valence-electron chi connectivity index (χ3n) is 7.03. The molecule has 0 N–H and O–H groups in total. The molecule has 0 unspecified atom stereocenters. The van der Waals surface area contributed by atoms with E-state index in [1.54, 1.807) is 24.3 Å². The van der Waals surface area contributed by atoms with Crippen LogP contribution in [-0.4, -0.2) is 41.2 Å². The predicted octanol–water partition coefficient (Wildman–Crippen LogP) is 5.54. The van der Waals surface area contributed by atoms with Gasteiger partial charge in [0.15, 0.2) is 11.5 Å². The minimum Gasteiger partial charge on any atom is -0.480 e. The van der Waals surface area contributed by atoms with Gasteiger partial charge in [-0.15, -0.1) is 0 Å². The molecule has 0 spiro atoms. The van der Waals surface area contributed by atoms with Crippen molar-refractivity contribution in [3.05, 3.63) is 81.9 Å². The first-order valence-corrected chi connectivity index (χ1v) is 12.8. The van der Waals surface area contributed by atoms with Gasteiger partial charge in [0.2, 0.25) is 5.88 Å². The summed E-state index contributed by atoms with van der Waals surface area (Å²) in [5.74, 6) is 0.719. The lowest BCUT2D eigenvalue weighted by molar-refractivity contribution is -0.140. The molecule has 42 heavy (non-hydrogen) atoms. The number of halogens is 5. The molecule has 0 radical (unpaired) electrons. The first kappa shape index (κ1) is 27.4. The topological polar surface area (TPSA) is 101 Å². The zero-order chi connectivity index (χ0) is 29.8. The highest BCUT2D eigenvalue weighted by atomic mass is 19.4. The maximum atomic E-state index is 13.9. The van der Waals surface area contributed by atoms with Crippen LogP contribution >= 0.6 is 0 Å². The van der Waals surface area contributed by atoms with Crippen molar-refractivity contribution in [1.82, 2.24) is 34.1 Å². The van der Waals surface area contributed by atoms with Crippen LogP contribution < -0.4 is 10.3 Å². The molecule has 216 valence electrons. The Hall–Kier alpha value is -4.75. The number of ether oxygens (including phenoxy) is 1. The van der Waals surface area contributed by atoms with Crippen LogP contribution in [0.25, 0.3) is 33.8 Å². The summed E-state index contributed by atoms with van der Waals surface area (Å²) >= 11 is 0. The molecule has 5 aromatic rings. The molecule has 9 nitrogen and oxygen atoms in total. The van der Waals surface area contributed by atoms with Crippen LogP contribution in [0.5, 0.6) is 5.88 Å². The first-order valence-electron chi connectivity index (χ1n) is 12.8. The molecule has 4 aromatic heterocycles. The van der Waals surface area contributed by atoms with Crippen molar-refractivity contribution >= 4 is 11.0 Å². The second kappa shape index (κ2) is 10.3. The summed E-state index contributed by atoms with van der Waals surface area (Å²) in [5.41, 5.74) is -0.429. The van der Waals surface area contributed by atoms with Gasteiger partial charge in [-0.2, -0.15) is 13.2 Å². The van der Waals surface area contributed by atoms with Crippen LogP contribution in [0.4, 0.5) is 22.0 Å². The normalized spacial score (nSPS) is 13.7. The Morgan fingerprint density at radius 3 is 2.43 bits per heavy atom. The SMILES string of the molecule is COc1ncnc(C2CC2)c1-c1ncc2cc(C(F)F)c(=O)n(Cc3ccc(-c4nc(C(F)(F)F)cn4C)cc3)c2n1. The van der Waals surface area contributed by atoms with E-state index in [-0.39, 0.29) is 41.0 Å². The lowest BCUT2D eigenvalue weighted by Gasteiger charge is -2.15. The number of alkyl halides is 5. The smallest absolute Gasteiger partial charge is 0.434 e. The third kappa shape index (κ3) is 4.97. The van der Waals surface area contributed by atoms with Crippen molar-refractivity contribution in [3.63, 3.8) is 0 Å². The lowest BCUT2D eigenvalue weighted by Crippen LogP contribution is -2.26. The number of aromatic nitrogens is 7. The fourth-order valence-electron chi connectivity index (χ4n) is 4.83. The van der Waals surface area contributed by atoms with E-state index in [9.17, 15) is 26.7 Å². The van der Waals surface area contributed by atoms with Crippen molar-refractivity contribution in [3.8, 4) is 28.7 Å². The summed E-state index contributed by atoms with van der Waals surface area (Å²) < 4.78 is 74.9. The van der Waals surface area contributed by atoms with Gasteiger partial charge in [0.05, 0.1) is 24.9 Å². The van der Waals surface area contributed by atoms with Crippen LogP contribution in [0.3, 0.4) is 0 Å². The summed E-state index contributed by atoms with van der Waals surface area (Å²) in [6.45, 7) is -0.140. The van der Waals surface area contributed by atoms with Crippen molar-refractivity contribution in [2.45, 2.75) is 37.9 Å². The fourth-order valence-corrected chi connectivity index (χ4v) is 4.83. The predicted molar refractivity (Wildman–Crippen MR) is 141 cm³/mol. The van der Waals surface area contributed by atoms with Gasteiger partial charge in [-0.25, -0.2) is 33.7 Å². The number of nitrogens with zero attached hydrogens (tertiary/aromatic N) is 7. The molecule has 1 aromatic carbocycles. The molecule has 6 rings (SSSR count). The van der Waals surface area contributed by atoms with E-state index in [1.807, 2.05) is 0 Å². The third-order valence-corrected chi connectivity index (χ3v) is 7.03. The Morgan fingerprint density at radius 1 is 1.07 bits per heavy atom. The van der Waals surface area contributed by atoms with Gasteiger partial charge < -0.3 is 9.30 Å². The van der Waals surface area contributed by atoms with Gasteiger partial charge in [0, 0.05) is 36.3 Å². The maximum Gasteiger partial charge on any atom is 0.434 e. The number of aryl methyl sites for hydroxylation is 1. The van der Waals surface area contributed by atoms with Crippen molar-refractivity contribution in [2.75, 3.05) is 7.11 Å². The molecule has 1 aliphatic carbocycles. The minimum atomic E-state index is -4.59. The highest BCUT2D eigenvalue weighted by Crippen LogP contribution is 2.45. The molecule has 0 saturated heterocycles. The highest BCUT2D eigenvalue weighted by Gasteiger charge is 2.35. The van der Waals surface area contributed by atoms with Crippen molar-refractivity contribution in [1.29, 1.82) is 0 Å². The Kier molecular flexibility index (Phi) is 6.70. The molecular weight excluding hydrogens is 561 g/mol. The highest BCUT2D eigenvalue weighted by molar-refractivity contribution is 5.78. The number of imidazole rings is 1. The monoisotopic (exact) mass is 583 g/mol. The van der Waals surface area contributed by atoms with Crippen LogP contribution in [0.15, 0.2) is 53.8 Å². The average molecular weight is 584 g/mol. The molecule has 4 heterocycles. The van der Waals surface area contributed by atoms with E-state index >= 15 is 0 Å². The Labute approximate surface area is 234 Å². The minimum absolute atomic E-state index is 0.0964. The van der Waals surface area contributed by atoms with E-state index in [4.69, 9.17) is 4.74 Å². The van der Waals surface area contributed by atoms with Gasteiger partial charge in [-0.1, -0.05) is 24.3 Å². The molecule has 0 bridgehead atoms. The molecule has 1 aliphatic rings. The molecule has 0 atom stereocenters. The number of rotatable bonds is 7. The van der Waals surface area contributed by atoms with E-state index in [1.165, 1.54) is 31.2 Å². The van der Waals surface area contributed by atoms with Crippen LogP contribution in [-0.2, 0) is 19.8 Å². The zero-order valence-electron chi connectivity index (χ0n) is 22.2. The summed E-state index contributed by atoms with van der Waals surface area (Å²) in [7, 11) is 2.90. The second-order valence-electron chi connectivity index (χ2n) is 9.94. The second-order valence-corrected chi connectivity index (χ2v) is 9.94. The maximum absolute atomic E-state index is 13.9. The number of fused-ring (bicyclic) bond motifs is 1. The van der Waals surface area contributed by atoms with Gasteiger partial charge >= 0.3 is 6.18 Å². The number of methoxy groups -OCH3 is 1. The summed E-state index contributed by atoms with van der Waals surface area (Å²) in [5, 5.41) is 0.224. The molecule has 14 heteroatoms. The van der Waals surface area contributed by atoms with Gasteiger partial charge in [-0.05, 0) is 24.5 Å². The van der Waals surface area contributed by atoms with E-state index in [2.05, 4.69) is 24.9 Å². The fraction of sp³-hybridized carbons (Fsp3) is 0.286. The van der Waals surface area contributed by atoms with E-state index in [0.29, 0.717) is 22.4 Å². The Bertz CT molecular complexity index is 1860.